The molecule has 12 bridgehead atoms. The van der Waals surface area contributed by atoms with Gasteiger partial charge in [0.1, 0.15) is 125 Å². The van der Waals surface area contributed by atoms with Gasteiger partial charge >= 0.3 is 11.9 Å². The lowest BCUT2D eigenvalue weighted by Gasteiger charge is -2.48. The van der Waals surface area contributed by atoms with Gasteiger partial charge in [-0.1, -0.05) is 12.1 Å². The van der Waals surface area contributed by atoms with Crippen LogP contribution in [0.15, 0.2) is 85.8 Å². The predicted molar refractivity (Wildman–Crippen MR) is 375 cm³/mol. The Balaban J connectivity index is 0.896. The Morgan fingerprint density at radius 2 is 1.48 bits per heavy atom. The van der Waals surface area contributed by atoms with Crippen molar-refractivity contribution < 1.29 is 91.7 Å². The molecule has 0 aliphatic carbocycles. The number of carbonyl (C=O) groups excluding carboxylic acids is 8. The maximum Gasteiger partial charge on any atom is 0.358 e. The van der Waals surface area contributed by atoms with E-state index in [1.54, 1.807) is 57.1 Å². The van der Waals surface area contributed by atoms with E-state index in [0.717, 1.165) is 56.7 Å². The maximum atomic E-state index is 15.2. The standard InChI is InChI=1S/C66H62N16O19S5/c1-25(83)44-58(90)75-45(26(2)95-7)61-70-37(23-104-61)55(87)76-48-50-51(101-42-16-66(4,93)52(81(5)6)27(3)100-42)65(92)98-17-28-10-8-11-39-43(28)30(18-97-50)49(82(39)94)64(91)99-19-33(67-53(85)35-22-106-63(48)71-35)60-68-34(20-103-60)46-29(59-69-36(21-102-59)54(86)74-44)14-40(84)47(73-46)62-72-38(24-105-62)57(89)80-79-56(88)32-15-31(77-78-32)41-12-9-13-96-41/h8-15,20-25,27,33,42,44,48,50-52,83-84,93-94H,16-19H2,1-7H3,(H,67,85)(H,74,86)(H,75,90)(H,76,87)(H,77,78)(H,79,88)(H,80,89)/b45-26+/t25-,27+,33+,42+,44+,48+,50+,51+,52-,66+/m1/s1. The Morgan fingerprint density at radius 1 is 0.792 bits per heavy atom. The van der Waals surface area contributed by atoms with Gasteiger partial charge in [0.25, 0.3) is 29.5 Å². The molecule has 0 unspecified atom stereocenters. The number of ether oxygens (including phenoxy) is 6. The van der Waals surface area contributed by atoms with Gasteiger partial charge in [-0.2, -0.15) is 9.83 Å². The average Bonchev–Trinajstić information content (AvgIpc) is 1.54. The first-order valence-corrected chi connectivity index (χ1v) is 36.6. The number of carbonyl (C=O) groups is 8. The Bertz CT molecular complexity index is 5170. The normalized spacial score (nSPS) is 23.1. The number of aromatic hydroxyl groups is 1. The lowest BCUT2D eigenvalue weighted by molar-refractivity contribution is -0.280. The van der Waals surface area contributed by atoms with Crippen molar-refractivity contribution in [1.29, 1.82) is 0 Å². The van der Waals surface area contributed by atoms with Crippen molar-refractivity contribution in [2.75, 3.05) is 27.8 Å². The highest BCUT2D eigenvalue weighted by atomic mass is 32.1. The van der Waals surface area contributed by atoms with Crippen LogP contribution in [0.4, 0.5) is 0 Å². The molecule has 0 spiro atoms. The van der Waals surface area contributed by atoms with Gasteiger partial charge in [-0.15, -0.1) is 56.7 Å². The molecule has 13 heterocycles. The smallest absolute Gasteiger partial charge is 0.358 e. The van der Waals surface area contributed by atoms with Crippen LogP contribution in [0.25, 0.3) is 60.7 Å². The molecule has 10 aromatic rings. The summed E-state index contributed by atoms with van der Waals surface area (Å²) in [5.41, 5.74) is 1.94. The van der Waals surface area contributed by atoms with Gasteiger partial charge in [-0.25, -0.2) is 39.5 Å². The first kappa shape index (κ1) is 72.2. The molecule has 10 atom stereocenters. The molecule has 1 saturated heterocycles. The van der Waals surface area contributed by atoms with E-state index >= 15 is 19.2 Å². The summed E-state index contributed by atoms with van der Waals surface area (Å²) in [4.78, 5) is 146. The Labute approximate surface area is 617 Å². The van der Waals surface area contributed by atoms with Crippen molar-refractivity contribution in [3.63, 3.8) is 0 Å². The first-order valence-electron chi connectivity index (χ1n) is 32.2. The first-order chi connectivity index (χ1) is 50.8. The third-order valence-corrected chi connectivity index (χ3v) is 22.1. The number of pyridine rings is 1. The van der Waals surface area contributed by atoms with Crippen LogP contribution >= 0.6 is 56.7 Å². The Hall–Kier alpha value is -10.8. The number of hydrogen-bond donors (Lipinski definition) is 11. The van der Waals surface area contributed by atoms with E-state index in [4.69, 9.17) is 47.8 Å². The lowest BCUT2D eigenvalue weighted by Crippen LogP contribution is -2.62. The van der Waals surface area contributed by atoms with Crippen molar-refractivity contribution in [2.45, 2.75) is 108 Å². The SMILES string of the molecule is CO/C(C)=C1/NC(=O)[C@H]([C@@H](C)O)NC(=O)c2csc(n2)-c2cc(O)c(-c3nc(C(=O)NNC(=O)c4cc(-c5ccco5)[nH]n4)cs3)nc2-c2csc(n2)[C@@H]2COC(=O)c3c4c5c(cccc5n3O)COC(=O)[C@@H](O[C@H]3C[C@](C)(O)[C@H](N(C)C)[C@H](C)O3)[C@@H](OC4)[C@H](NC(=O)c3csc1n3)c1nc(cs1)C(=O)N2. The molecular weight excluding hydrogens is 1480 g/mol. The third-order valence-electron chi connectivity index (χ3n) is 17.6. The van der Waals surface area contributed by atoms with Gasteiger partial charge in [0.15, 0.2) is 29.5 Å². The molecule has 550 valence electrons. The van der Waals surface area contributed by atoms with E-state index in [0.29, 0.717) is 21.7 Å². The average molecular weight is 1540 g/mol. The number of esters is 2. The molecule has 1 fully saturated rings. The molecule has 6 amide bonds. The molecule has 4 aliphatic heterocycles. The van der Waals surface area contributed by atoms with Gasteiger partial charge in [0.05, 0.1) is 49.3 Å². The molecule has 14 rings (SSSR count). The second kappa shape index (κ2) is 29.3. The van der Waals surface area contributed by atoms with Gasteiger partial charge in [-0.3, -0.25) is 44.7 Å². The van der Waals surface area contributed by atoms with Crippen LogP contribution < -0.4 is 32.1 Å². The van der Waals surface area contributed by atoms with Gasteiger partial charge < -0.3 is 79.5 Å². The van der Waals surface area contributed by atoms with Gasteiger partial charge in [0, 0.05) is 55.9 Å². The van der Waals surface area contributed by atoms with Crippen LogP contribution in [0.2, 0.25) is 0 Å². The molecule has 0 saturated carbocycles. The minimum atomic E-state index is -1.93. The number of furan rings is 1. The summed E-state index contributed by atoms with van der Waals surface area (Å²) in [5.74, 6) is -7.70. The fraction of sp³-hybridized carbons (Fsp3) is 0.318. The molecule has 9 aromatic heterocycles. The third kappa shape index (κ3) is 14.1. The van der Waals surface area contributed by atoms with Gasteiger partial charge in [-0.05, 0) is 71.6 Å². The van der Waals surface area contributed by atoms with Crippen LogP contribution in [0, 0.1) is 0 Å². The number of cyclic esters (lactones) is 2. The minimum absolute atomic E-state index is 0.00577. The topological polar surface area (TPSA) is 472 Å². The maximum absolute atomic E-state index is 15.2. The van der Waals surface area contributed by atoms with Crippen LogP contribution in [-0.4, -0.2) is 194 Å². The second-order valence-electron chi connectivity index (χ2n) is 25.1. The fourth-order valence-corrected chi connectivity index (χ4v) is 16.9. The molecule has 1 aromatic carbocycles. The van der Waals surface area contributed by atoms with E-state index in [1.165, 1.54) is 72.3 Å². The summed E-state index contributed by atoms with van der Waals surface area (Å²) in [6, 6.07) is 5.32. The number of nitrogens with one attached hydrogen (secondary N) is 7. The van der Waals surface area contributed by atoms with Crippen molar-refractivity contribution >= 4 is 121 Å². The largest absolute Gasteiger partial charge is 0.506 e. The zero-order valence-electron chi connectivity index (χ0n) is 56.5. The van der Waals surface area contributed by atoms with Crippen LogP contribution in [0.5, 0.6) is 5.75 Å². The highest BCUT2D eigenvalue weighted by Crippen LogP contribution is 2.43. The van der Waals surface area contributed by atoms with E-state index in [9.17, 15) is 39.7 Å². The van der Waals surface area contributed by atoms with Gasteiger partial charge in [0.2, 0.25) is 5.91 Å². The molecule has 11 N–H and O–H groups in total. The van der Waals surface area contributed by atoms with E-state index in [2.05, 4.69) is 57.3 Å². The van der Waals surface area contributed by atoms with E-state index in [1.807, 2.05) is 0 Å². The Kier molecular flexibility index (Phi) is 19.9. The molecule has 40 heteroatoms. The lowest BCUT2D eigenvalue weighted by atomic mass is 9.85. The minimum Gasteiger partial charge on any atom is -0.506 e. The van der Waals surface area contributed by atoms with Crippen molar-refractivity contribution in [2.24, 2.45) is 0 Å². The number of likely N-dealkylation sites (N-methyl/N-ethyl adjacent to an activating group) is 1. The van der Waals surface area contributed by atoms with Crippen molar-refractivity contribution in [3.8, 4) is 49.9 Å². The quantitative estimate of drug-likeness (QED) is 0.0382. The van der Waals surface area contributed by atoms with E-state index in [-0.39, 0.29) is 110 Å². The number of hydrogen-bond acceptors (Lipinski definition) is 32. The molecule has 0 radical (unpaired) electrons. The zero-order chi connectivity index (χ0) is 74.7. The number of aromatic nitrogens is 9. The number of aromatic amines is 1. The number of H-pyrrole nitrogens is 1. The summed E-state index contributed by atoms with van der Waals surface area (Å²) in [6.07, 6.45) is -6.15. The van der Waals surface area contributed by atoms with Crippen LogP contribution in [0.3, 0.4) is 0 Å². The fourth-order valence-electron chi connectivity index (χ4n) is 12.7. The summed E-state index contributed by atoms with van der Waals surface area (Å²) in [7, 11) is 4.84. The number of allylic oxidation sites excluding steroid dienone is 1. The summed E-state index contributed by atoms with van der Waals surface area (Å²) < 4.78 is 43.7. The monoisotopic (exact) mass is 1540 g/mol. The highest BCUT2D eigenvalue weighted by molar-refractivity contribution is 7.14. The summed E-state index contributed by atoms with van der Waals surface area (Å²) in [5, 5.41) is 72.1. The van der Waals surface area contributed by atoms with Crippen LogP contribution in [0.1, 0.15) is 135 Å². The number of amides is 6. The molecule has 106 heavy (non-hydrogen) atoms. The van der Waals surface area contributed by atoms with Crippen LogP contribution in [-0.2, 0) is 51.2 Å². The number of methoxy groups -OCH3 is 1. The zero-order valence-corrected chi connectivity index (χ0v) is 60.6. The number of hydrazine groups is 1. The summed E-state index contributed by atoms with van der Waals surface area (Å²) >= 11 is 4.46. The number of aliphatic hydroxyl groups excluding tert-OH is 1. The number of aliphatic hydroxyl groups is 2. The number of thiazole rings is 5. The molecule has 35 nitrogen and oxygen atoms in total. The number of nitrogens with zero attached hydrogens (tertiary/aromatic N) is 9. The number of rotatable bonds is 9. The second-order valence-corrected chi connectivity index (χ2v) is 29.4. The van der Waals surface area contributed by atoms with E-state index < -0.39 is 139 Å². The van der Waals surface area contributed by atoms with Crippen molar-refractivity contribution in [3.05, 3.63) is 142 Å². The predicted octanol–water partition coefficient (Wildman–Crippen LogP) is 5.22. The molecule has 4 aliphatic rings. The number of benzene rings is 1. The number of fused-ring (bicyclic) bond motifs is 15. The van der Waals surface area contributed by atoms with Crippen molar-refractivity contribution in [1.82, 2.24) is 81.9 Å². The Morgan fingerprint density at radius 3 is 2.22 bits per heavy atom. The summed E-state index contributed by atoms with van der Waals surface area (Å²) in [6.45, 7) is 4.21. The molecular formula is C66H62N16O19S5. The highest BCUT2D eigenvalue weighted by Gasteiger charge is 2.50.